The van der Waals surface area contributed by atoms with Crippen molar-refractivity contribution >= 4 is 11.8 Å². The Bertz CT molecular complexity index is 935. The number of aryl methyl sites for hydroxylation is 1. The van der Waals surface area contributed by atoms with Gasteiger partial charge in [-0.05, 0) is 31.5 Å². The second-order valence-corrected chi connectivity index (χ2v) is 8.68. The Kier molecular flexibility index (Phi) is 6.98. The van der Waals surface area contributed by atoms with Gasteiger partial charge in [0, 0.05) is 45.4 Å². The van der Waals surface area contributed by atoms with Crippen LogP contribution < -0.4 is 9.47 Å². The monoisotopic (exact) mass is 436 g/mol. The SMILES string of the molecule is CCOc1ccccc1OC1CCN(C(=O)C2CC(=O)N(Cc3ccc(C)cc3)C2)CC1. The zero-order valence-electron chi connectivity index (χ0n) is 19.0. The number of amides is 2. The van der Waals surface area contributed by atoms with Crippen LogP contribution in [-0.2, 0) is 16.1 Å². The Labute approximate surface area is 190 Å². The average molecular weight is 437 g/mol. The molecule has 1 unspecified atom stereocenters. The van der Waals surface area contributed by atoms with Gasteiger partial charge < -0.3 is 19.3 Å². The lowest BCUT2D eigenvalue weighted by molar-refractivity contribution is -0.137. The molecule has 0 aromatic heterocycles. The highest BCUT2D eigenvalue weighted by Crippen LogP contribution is 2.30. The molecule has 0 aliphatic carbocycles. The summed E-state index contributed by atoms with van der Waals surface area (Å²) < 4.78 is 11.8. The number of carbonyl (C=O) groups is 2. The van der Waals surface area contributed by atoms with E-state index in [1.54, 1.807) is 0 Å². The maximum Gasteiger partial charge on any atom is 0.227 e. The van der Waals surface area contributed by atoms with Crippen molar-refractivity contribution < 1.29 is 19.1 Å². The Balaban J connectivity index is 1.28. The highest BCUT2D eigenvalue weighted by molar-refractivity contribution is 5.89. The van der Waals surface area contributed by atoms with Crippen molar-refractivity contribution in [2.45, 2.75) is 45.8 Å². The third-order valence-electron chi connectivity index (χ3n) is 6.25. The lowest BCUT2D eigenvalue weighted by Crippen LogP contribution is -2.44. The summed E-state index contributed by atoms with van der Waals surface area (Å²) in [5.41, 5.74) is 2.30. The minimum Gasteiger partial charge on any atom is -0.490 e. The van der Waals surface area contributed by atoms with E-state index in [9.17, 15) is 9.59 Å². The van der Waals surface area contributed by atoms with Gasteiger partial charge in [0.2, 0.25) is 11.8 Å². The number of hydrogen-bond acceptors (Lipinski definition) is 4. The number of nitrogens with zero attached hydrogens (tertiary/aromatic N) is 2. The summed E-state index contributed by atoms with van der Waals surface area (Å²) in [6.45, 7) is 6.98. The van der Waals surface area contributed by atoms with Crippen LogP contribution in [0.25, 0.3) is 0 Å². The van der Waals surface area contributed by atoms with Crippen molar-refractivity contribution in [1.82, 2.24) is 9.80 Å². The van der Waals surface area contributed by atoms with E-state index in [1.807, 2.05) is 60.0 Å². The maximum atomic E-state index is 13.1. The zero-order chi connectivity index (χ0) is 22.5. The molecular weight excluding hydrogens is 404 g/mol. The maximum absolute atomic E-state index is 13.1. The minimum atomic E-state index is -0.246. The van der Waals surface area contributed by atoms with Gasteiger partial charge >= 0.3 is 0 Å². The Morgan fingerprint density at radius 3 is 2.41 bits per heavy atom. The Hall–Kier alpha value is -3.02. The first-order valence-electron chi connectivity index (χ1n) is 11.5. The van der Waals surface area contributed by atoms with Crippen LogP contribution in [0.1, 0.15) is 37.3 Å². The predicted molar refractivity (Wildman–Crippen MR) is 123 cm³/mol. The number of benzene rings is 2. The first-order valence-corrected chi connectivity index (χ1v) is 11.5. The van der Waals surface area contributed by atoms with Crippen LogP contribution in [0.4, 0.5) is 0 Å². The first kappa shape index (κ1) is 22.2. The molecule has 0 N–H and O–H groups in total. The molecule has 0 spiro atoms. The number of ether oxygens (including phenoxy) is 2. The molecule has 2 aliphatic heterocycles. The van der Waals surface area contributed by atoms with E-state index in [1.165, 1.54) is 5.56 Å². The Morgan fingerprint density at radius 1 is 1.03 bits per heavy atom. The smallest absolute Gasteiger partial charge is 0.227 e. The lowest BCUT2D eigenvalue weighted by Gasteiger charge is -2.33. The summed E-state index contributed by atoms with van der Waals surface area (Å²) in [5.74, 6) is 1.43. The van der Waals surface area contributed by atoms with Crippen LogP contribution in [0, 0.1) is 12.8 Å². The average Bonchev–Trinajstić information content (AvgIpc) is 3.17. The molecule has 2 fully saturated rings. The number of hydrogen-bond donors (Lipinski definition) is 0. The second-order valence-electron chi connectivity index (χ2n) is 8.68. The van der Waals surface area contributed by atoms with E-state index >= 15 is 0 Å². The molecule has 0 saturated carbocycles. The summed E-state index contributed by atoms with van der Waals surface area (Å²) in [5, 5.41) is 0. The highest BCUT2D eigenvalue weighted by atomic mass is 16.5. The summed E-state index contributed by atoms with van der Waals surface area (Å²) >= 11 is 0. The van der Waals surface area contributed by atoms with Crippen LogP contribution in [-0.4, -0.2) is 54.0 Å². The fraction of sp³-hybridized carbons (Fsp3) is 0.462. The minimum absolute atomic E-state index is 0.0592. The molecule has 0 radical (unpaired) electrons. The molecule has 2 aromatic rings. The van der Waals surface area contributed by atoms with Crippen molar-refractivity contribution in [2.24, 2.45) is 5.92 Å². The highest BCUT2D eigenvalue weighted by Gasteiger charge is 2.37. The van der Waals surface area contributed by atoms with Gasteiger partial charge in [0.1, 0.15) is 6.10 Å². The van der Waals surface area contributed by atoms with Crippen LogP contribution in [0.15, 0.2) is 48.5 Å². The van der Waals surface area contributed by atoms with Crippen LogP contribution in [0.5, 0.6) is 11.5 Å². The number of para-hydroxylation sites is 2. The van der Waals surface area contributed by atoms with Crippen molar-refractivity contribution in [3.63, 3.8) is 0 Å². The van der Waals surface area contributed by atoms with E-state index in [4.69, 9.17) is 9.47 Å². The summed E-state index contributed by atoms with van der Waals surface area (Å²) in [6, 6.07) is 15.9. The standard InChI is InChI=1S/C26H32N2O4/c1-3-31-23-6-4-5-7-24(23)32-22-12-14-27(15-13-22)26(30)21-16-25(29)28(18-21)17-20-10-8-19(2)9-11-20/h4-11,21-22H,3,12-18H2,1-2H3. The topological polar surface area (TPSA) is 59.1 Å². The molecule has 0 bridgehead atoms. The van der Waals surface area contributed by atoms with E-state index in [0.29, 0.717) is 39.2 Å². The third-order valence-corrected chi connectivity index (χ3v) is 6.25. The van der Waals surface area contributed by atoms with Crippen molar-refractivity contribution in [3.8, 4) is 11.5 Å². The quantitative estimate of drug-likeness (QED) is 0.662. The number of rotatable bonds is 7. The molecule has 4 rings (SSSR count). The van der Waals surface area contributed by atoms with Gasteiger partial charge in [0.25, 0.3) is 0 Å². The van der Waals surface area contributed by atoms with Gasteiger partial charge in [-0.1, -0.05) is 42.0 Å². The molecule has 6 heteroatoms. The molecule has 6 nitrogen and oxygen atoms in total. The fourth-order valence-electron chi connectivity index (χ4n) is 4.46. The lowest BCUT2D eigenvalue weighted by atomic mass is 10.0. The van der Waals surface area contributed by atoms with Gasteiger partial charge in [-0.2, -0.15) is 0 Å². The number of likely N-dealkylation sites (tertiary alicyclic amines) is 2. The van der Waals surface area contributed by atoms with E-state index in [-0.39, 0.29) is 23.8 Å². The molecular formula is C26H32N2O4. The molecule has 2 heterocycles. The van der Waals surface area contributed by atoms with Gasteiger partial charge in [-0.3, -0.25) is 9.59 Å². The van der Waals surface area contributed by atoms with E-state index in [2.05, 4.69) is 12.1 Å². The Morgan fingerprint density at radius 2 is 1.72 bits per heavy atom. The van der Waals surface area contributed by atoms with Gasteiger partial charge in [0.05, 0.1) is 12.5 Å². The number of piperidine rings is 1. The molecule has 2 amide bonds. The van der Waals surface area contributed by atoms with E-state index < -0.39 is 0 Å². The molecule has 170 valence electrons. The first-order chi connectivity index (χ1) is 15.5. The number of carbonyl (C=O) groups excluding carboxylic acids is 2. The normalized spacial score (nSPS) is 19.3. The van der Waals surface area contributed by atoms with Crippen LogP contribution in [0.2, 0.25) is 0 Å². The fourth-order valence-corrected chi connectivity index (χ4v) is 4.46. The van der Waals surface area contributed by atoms with E-state index in [0.717, 1.165) is 29.9 Å². The van der Waals surface area contributed by atoms with Crippen LogP contribution >= 0.6 is 0 Å². The van der Waals surface area contributed by atoms with Crippen LogP contribution in [0.3, 0.4) is 0 Å². The van der Waals surface area contributed by atoms with Crippen molar-refractivity contribution in [2.75, 3.05) is 26.2 Å². The largest absolute Gasteiger partial charge is 0.490 e. The van der Waals surface area contributed by atoms with Crippen molar-refractivity contribution in [1.29, 1.82) is 0 Å². The predicted octanol–water partition coefficient (Wildman–Crippen LogP) is 3.81. The molecule has 32 heavy (non-hydrogen) atoms. The molecule has 2 aromatic carbocycles. The molecule has 1 atom stereocenters. The van der Waals surface area contributed by atoms with Crippen molar-refractivity contribution in [3.05, 3.63) is 59.7 Å². The van der Waals surface area contributed by atoms with Gasteiger partial charge in [-0.15, -0.1) is 0 Å². The van der Waals surface area contributed by atoms with Gasteiger partial charge in [0.15, 0.2) is 11.5 Å². The summed E-state index contributed by atoms with van der Waals surface area (Å²) in [6.07, 6.45) is 1.92. The molecule has 2 aliphatic rings. The summed E-state index contributed by atoms with van der Waals surface area (Å²) in [4.78, 5) is 29.3. The molecule has 2 saturated heterocycles. The third kappa shape index (κ3) is 5.23. The summed E-state index contributed by atoms with van der Waals surface area (Å²) in [7, 11) is 0. The van der Waals surface area contributed by atoms with Gasteiger partial charge in [-0.25, -0.2) is 0 Å². The zero-order valence-corrected chi connectivity index (χ0v) is 19.0. The second kappa shape index (κ2) is 10.1.